The van der Waals surface area contributed by atoms with Crippen molar-refractivity contribution in [1.29, 1.82) is 0 Å². The number of benzene rings is 3. The maximum absolute atomic E-state index is 15.6. The number of phosphoric acid groups is 1. The molecule has 0 aromatic heterocycles. The van der Waals surface area contributed by atoms with Gasteiger partial charge in [-0.1, -0.05) is 133 Å². The molecule has 24 nitrogen and oxygen atoms in total. The summed E-state index contributed by atoms with van der Waals surface area (Å²) in [7, 11) is -3.57. The highest BCUT2D eigenvalue weighted by molar-refractivity contribution is 7.48. The van der Waals surface area contributed by atoms with E-state index >= 15 is 14.2 Å². The van der Waals surface area contributed by atoms with Crippen LogP contribution in [0.2, 0.25) is 0 Å². The minimum Gasteiger partial charge on any atom is -0.467 e. The average Bonchev–Trinajstić information content (AvgIpc) is 1.87. The molecule has 2 fully saturated rings. The fraction of sp³-hybridized carbons (Fsp3) is 0.557. The van der Waals surface area contributed by atoms with Crippen molar-refractivity contribution in [3.05, 3.63) is 108 Å². The first-order chi connectivity index (χ1) is 40.9. The lowest BCUT2D eigenvalue weighted by Gasteiger charge is -2.34. The van der Waals surface area contributed by atoms with Gasteiger partial charge in [-0.15, -0.1) is 0 Å². The first-order valence-electron chi connectivity index (χ1n) is 29.3. The minimum absolute atomic E-state index is 0.0212. The summed E-state index contributed by atoms with van der Waals surface area (Å²) in [4.78, 5) is 128. The predicted molar refractivity (Wildman–Crippen MR) is 316 cm³/mol. The zero-order valence-electron chi connectivity index (χ0n) is 50.7. The van der Waals surface area contributed by atoms with Crippen LogP contribution in [-0.4, -0.2) is 146 Å². The van der Waals surface area contributed by atoms with Gasteiger partial charge in [-0.2, -0.15) is 0 Å². The van der Waals surface area contributed by atoms with E-state index in [-0.39, 0.29) is 95.8 Å². The summed E-state index contributed by atoms with van der Waals surface area (Å²) in [6.07, 6.45) is -2.71. The van der Waals surface area contributed by atoms with Crippen molar-refractivity contribution in [2.24, 2.45) is 17.8 Å². The van der Waals surface area contributed by atoms with Crippen molar-refractivity contribution < 1.29 is 75.5 Å². The standard InChI is InChI=1S/C61H87N8O16P/c1-38(2)29-48(63-42(8)70)56(73)65-49(30-39(3)4)57(74)64-47-25-26-53(71)62-27-28-82-46-32-52(59(76)66-50(31-40(5)6)61(78)80-9)69(33-46)60(77)54(68-58(75)51(67-55(47)72)37-81-34-43-19-13-10-14-20-43)41(7)85-86(79,83-35-44-21-15-11-16-22-44)84-36-45-23-17-12-18-24-45/h10-24,38-41,46-52,54H,25-37H2,1-9H3,(H,62,71)(H,63,70)(H,64,74)(H,65,73)(H,66,76)(H,67,72)(H,68,75)/t41-,46-,47+,48+,49+,50+,51+,52+,54+/m1/s1. The highest BCUT2D eigenvalue weighted by Crippen LogP contribution is 2.52. The van der Waals surface area contributed by atoms with E-state index in [0.717, 1.165) is 4.90 Å². The van der Waals surface area contributed by atoms with Gasteiger partial charge >= 0.3 is 13.8 Å². The Balaban J connectivity index is 1.59. The first kappa shape index (κ1) is 69.7. The third-order valence-corrected chi connectivity index (χ3v) is 15.5. The van der Waals surface area contributed by atoms with Crippen LogP contribution >= 0.6 is 7.82 Å². The number of nitrogens with zero attached hydrogens (tertiary/aromatic N) is 1. The van der Waals surface area contributed by atoms with E-state index in [4.69, 9.17) is 27.8 Å². The molecule has 0 saturated carbocycles. The normalized spacial score (nSPS) is 20.5. The van der Waals surface area contributed by atoms with Crippen molar-refractivity contribution in [2.75, 3.05) is 33.4 Å². The van der Waals surface area contributed by atoms with Crippen molar-refractivity contribution in [2.45, 2.75) is 168 Å². The van der Waals surface area contributed by atoms with E-state index in [0.29, 0.717) is 16.7 Å². The zero-order chi connectivity index (χ0) is 62.9. The smallest absolute Gasteiger partial charge is 0.467 e. The van der Waals surface area contributed by atoms with Crippen molar-refractivity contribution in [1.82, 2.24) is 42.1 Å². The summed E-state index contributed by atoms with van der Waals surface area (Å²) in [6, 6.07) is 16.6. The highest BCUT2D eigenvalue weighted by atomic mass is 31.2. The maximum atomic E-state index is 15.6. The summed E-state index contributed by atoms with van der Waals surface area (Å²) < 4.78 is 50.5. The van der Waals surface area contributed by atoms with Gasteiger partial charge in [0.1, 0.15) is 42.3 Å². The monoisotopic (exact) mass is 1220 g/mol. The van der Waals surface area contributed by atoms with Crippen LogP contribution in [-0.2, 0) is 95.3 Å². The van der Waals surface area contributed by atoms with Gasteiger partial charge in [0.15, 0.2) is 0 Å². The number of nitrogens with one attached hydrogen (secondary N) is 7. The molecule has 3 aromatic carbocycles. The van der Waals surface area contributed by atoms with Gasteiger partial charge in [-0.3, -0.25) is 51.9 Å². The first-order valence-corrected chi connectivity index (χ1v) is 30.7. The summed E-state index contributed by atoms with van der Waals surface area (Å²) in [5, 5.41) is 18.9. The molecule has 2 aliphatic heterocycles. The predicted octanol–water partition coefficient (Wildman–Crippen LogP) is 4.29. The van der Waals surface area contributed by atoms with Crippen LogP contribution in [0, 0.1) is 17.8 Å². The van der Waals surface area contributed by atoms with E-state index in [1.54, 1.807) is 91.0 Å². The van der Waals surface area contributed by atoms with E-state index in [9.17, 15) is 33.6 Å². The van der Waals surface area contributed by atoms with Gasteiger partial charge in [0.2, 0.25) is 47.3 Å². The van der Waals surface area contributed by atoms with Crippen LogP contribution in [0.25, 0.3) is 0 Å². The van der Waals surface area contributed by atoms with E-state index in [2.05, 4.69) is 37.2 Å². The van der Waals surface area contributed by atoms with Gasteiger partial charge in [-0.05, 0) is 67.1 Å². The second-order valence-electron chi connectivity index (χ2n) is 22.8. The summed E-state index contributed by atoms with van der Waals surface area (Å²) in [5.74, 6) is -7.15. The Morgan fingerprint density at radius 1 is 0.686 bits per heavy atom. The molecule has 8 amide bonds. The van der Waals surface area contributed by atoms with E-state index in [1.807, 2.05) is 41.5 Å². The van der Waals surface area contributed by atoms with Gasteiger partial charge in [0.05, 0.1) is 52.4 Å². The number of rotatable bonds is 27. The molecule has 2 aliphatic rings. The fourth-order valence-electron chi connectivity index (χ4n) is 9.71. The number of hydrogen-bond donors (Lipinski definition) is 7. The Bertz CT molecular complexity index is 2710. The number of hydrogen-bond acceptors (Lipinski definition) is 16. The van der Waals surface area contributed by atoms with Gasteiger partial charge in [-0.25, -0.2) is 9.36 Å². The maximum Gasteiger partial charge on any atom is 0.475 e. The molecular weight excluding hydrogens is 1130 g/mol. The summed E-state index contributed by atoms with van der Waals surface area (Å²) >= 11 is 0. The number of methoxy groups -OCH3 is 1. The zero-order valence-corrected chi connectivity index (χ0v) is 51.6. The number of phosphoric ester groups is 1. The molecule has 25 heteroatoms. The molecule has 9 atom stereocenters. The van der Waals surface area contributed by atoms with Crippen LogP contribution in [0.5, 0.6) is 0 Å². The molecule has 86 heavy (non-hydrogen) atoms. The molecule has 0 radical (unpaired) electrons. The number of amides is 8. The summed E-state index contributed by atoms with van der Waals surface area (Å²) in [6.45, 7) is 12.1. The molecule has 2 bridgehead atoms. The third kappa shape index (κ3) is 23.3. The fourth-order valence-corrected chi connectivity index (χ4v) is 11.0. The Labute approximate surface area is 504 Å². The van der Waals surface area contributed by atoms with Crippen molar-refractivity contribution in [3.8, 4) is 0 Å². The molecule has 2 heterocycles. The molecule has 0 aliphatic carbocycles. The molecule has 5 rings (SSSR count). The molecule has 0 unspecified atom stereocenters. The largest absolute Gasteiger partial charge is 0.475 e. The Morgan fingerprint density at radius 2 is 1.22 bits per heavy atom. The third-order valence-electron chi connectivity index (χ3n) is 14.0. The number of ether oxygens (including phenoxy) is 3. The molecular formula is C61H87N8O16P. The van der Waals surface area contributed by atoms with Gasteiger partial charge in [0, 0.05) is 32.9 Å². The lowest BCUT2D eigenvalue weighted by Crippen LogP contribution is -2.62. The van der Waals surface area contributed by atoms with Crippen LogP contribution in [0.3, 0.4) is 0 Å². The SMILES string of the molecule is COC(=O)[C@H](CC(C)C)NC(=O)[C@@H]1C[C@@H]2CN1C(=O)[C@H]([C@@H](C)OP(=O)(OCc1ccccc1)OCc1ccccc1)NC(=O)[C@H](COCc1ccccc1)NC(=O)[C@@H](NC(=O)[C@H](CC(C)C)NC(=O)[C@H](CC(C)C)NC(C)=O)CCC(=O)NCCO2. The number of carbonyl (C=O) groups excluding carboxylic acids is 9. The van der Waals surface area contributed by atoms with Crippen LogP contribution in [0.15, 0.2) is 91.0 Å². The van der Waals surface area contributed by atoms with Crippen molar-refractivity contribution in [3.63, 3.8) is 0 Å². The minimum atomic E-state index is -4.75. The van der Waals surface area contributed by atoms with E-state index < -0.39 is 122 Å². The Kier molecular flexibility index (Phi) is 28.3. The van der Waals surface area contributed by atoms with Crippen LogP contribution in [0.4, 0.5) is 0 Å². The number of carbonyl (C=O) groups is 9. The molecule has 0 spiro atoms. The topological polar surface area (TPSA) is 314 Å². The molecule has 3 aromatic rings. The number of fused-ring (bicyclic) bond motifs is 2. The Morgan fingerprint density at radius 3 is 1.76 bits per heavy atom. The molecule has 472 valence electrons. The highest BCUT2D eigenvalue weighted by Gasteiger charge is 2.47. The van der Waals surface area contributed by atoms with Gasteiger partial charge < -0.3 is 56.3 Å². The van der Waals surface area contributed by atoms with Crippen LogP contribution < -0.4 is 37.2 Å². The molecule has 2 saturated heterocycles. The quantitative estimate of drug-likeness (QED) is 0.0414. The second kappa shape index (κ2) is 34.9. The van der Waals surface area contributed by atoms with Crippen LogP contribution in [0.1, 0.15) is 111 Å². The molecule has 7 N–H and O–H groups in total. The summed E-state index contributed by atoms with van der Waals surface area (Å²) in [5.41, 5.74) is 1.87. The second-order valence-corrected chi connectivity index (χ2v) is 24.4. The number of esters is 1. The lowest BCUT2D eigenvalue weighted by molar-refractivity contribution is -0.148. The van der Waals surface area contributed by atoms with Crippen molar-refractivity contribution >= 4 is 61.0 Å². The lowest BCUT2D eigenvalue weighted by atomic mass is 9.99. The Hall–Kier alpha value is -7.08. The average molecular weight is 1220 g/mol. The van der Waals surface area contributed by atoms with Gasteiger partial charge in [0.25, 0.3) is 0 Å². The van der Waals surface area contributed by atoms with E-state index in [1.165, 1.54) is 21.0 Å².